The summed E-state index contributed by atoms with van der Waals surface area (Å²) in [5, 5.41) is 41.5. The van der Waals surface area contributed by atoms with Gasteiger partial charge in [0.15, 0.2) is 12.1 Å². The molecule has 0 aromatic heterocycles. The highest BCUT2D eigenvalue weighted by atomic mass is 16.7. The van der Waals surface area contributed by atoms with Crippen LogP contribution in [0.25, 0.3) is 0 Å². The first-order valence-corrected chi connectivity index (χ1v) is 20.0. The Morgan fingerprint density at radius 1 is 1.00 bits per heavy atom. The van der Waals surface area contributed by atoms with Crippen LogP contribution in [0.4, 0.5) is 0 Å². The molecule has 0 radical (unpaired) electrons. The van der Waals surface area contributed by atoms with Crippen LogP contribution in [0.1, 0.15) is 91.9 Å². The summed E-state index contributed by atoms with van der Waals surface area (Å²) in [7, 11) is 0. The molecule has 4 heterocycles. The lowest BCUT2D eigenvalue weighted by molar-refractivity contribution is -0.299. The molecule has 12 nitrogen and oxygen atoms in total. The Bertz CT molecular complexity index is 1320. The average Bonchev–Trinajstić information content (AvgIpc) is 3.78. The zero-order valence-electron chi connectivity index (χ0n) is 31.0. The summed E-state index contributed by atoms with van der Waals surface area (Å²) in [5.41, 5.74) is 9.15. The molecule has 0 aromatic carbocycles. The first kappa shape index (κ1) is 36.6. The van der Waals surface area contributed by atoms with Gasteiger partial charge in [0.2, 0.25) is 0 Å². The van der Waals surface area contributed by atoms with Gasteiger partial charge in [-0.2, -0.15) is 0 Å². The molecule has 12 heteroatoms. The summed E-state index contributed by atoms with van der Waals surface area (Å²) in [6, 6.07) is 0. The van der Waals surface area contributed by atoms with Crippen molar-refractivity contribution in [3.63, 3.8) is 0 Å². The van der Waals surface area contributed by atoms with E-state index in [0.717, 1.165) is 62.3 Å². The molecule has 8 aliphatic rings. The van der Waals surface area contributed by atoms with Gasteiger partial charge < -0.3 is 49.5 Å². The number of hydrogen-bond acceptors (Lipinski definition) is 12. The van der Waals surface area contributed by atoms with Crippen LogP contribution < -0.4 is 11.0 Å². The molecule has 6 N–H and O–H groups in total. The van der Waals surface area contributed by atoms with Crippen LogP contribution in [0.2, 0.25) is 0 Å². The second-order valence-corrected chi connectivity index (χ2v) is 18.0. The minimum absolute atomic E-state index is 0.0869. The Morgan fingerprint density at radius 2 is 1.84 bits per heavy atom. The van der Waals surface area contributed by atoms with Crippen LogP contribution in [0.15, 0.2) is 23.5 Å². The molecule has 0 bridgehead atoms. The van der Waals surface area contributed by atoms with Crippen LogP contribution in [-0.2, 0) is 23.7 Å². The van der Waals surface area contributed by atoms with Crippen LogP contribution in [0.3, 0.4) is 0 Å². The second kappa shape index (κ2) is 14.1. The third kappa shape index (κ3) is 6.31. The summed E-state index contributed by atoms with van der Waals surface area (Å²) in [6.45, 7) is 11.8. The molecule has 8 rings (SSSR count). The van der Waals surface area contributed by atoms with Gasteiger partial charge >= 0.3 is 0 Å². The van der Waals surface area contributed by atoms with E-state index in [1.807, 2.05) is 11.2 Å². The standard InChI is InChI=1S/C39H63N3O9/c1-22-8-13-39(49-20-22)23(2)32-30(51-39)17-29-27-7-6-24-16-26(9-11-37(24,3)28(27)10-12-38(29,32)4)47-15-5-14-42-18-25(40-41-42)21-48-36-35(46)34(45)33(44)31(19-43)50-36/h6,18,22-23,26-36,40-41,43-46H,5,7-17,19-21H2,1-4H3/t22?,23-,26-,27+,28-,29-,30-,31+,32-,33+,34-,35+,36+,37-,38-,39+/m0/s1. The van der Waals surface area contributed by atoms with Crippen LogP contribution in [0.5, 0.6) is 0 Å². The lowest BCUT2D eigenvalue weighted by Crippen LogP contribution is -2.59. The fourth-order valence-corrected chi connectivity index (χ4v) is 12.2. The number of aliphatic hydroxyl groups is 4. The van der Waals surface area contributed by atoms with E-state index in [1.165, 1.54) is 38.5 Å². The average molecular weight is 718 g/mol. The van der Waals surface area contributed by atoms with Crippen molar-refractivity contribution < 1.29 is 44.1 Å². The van der Waals surface area contributed by atoms with Gasteiger partial charge in [0.25, 0.3) is 0 Å². The van der Waals surface area contributed by atoms with E-state index < -0.39 is 37.3 Å². The highest BCUT2D eigenvalue weighted by molar-refractivity contribution is 5.26. The van der Waals surface area contributed by atoms with Crippen molar-refractivity contribution in [2.75, 3.05) is 33.0 Å². The summed E-state index contributed by atoms with van der Waals surface area (Å²) in [4.78, 5) is 0. The monoisotopic (exact) mass is 717 g/mol. The van der Waals surface area contributed by atoms with Gasteiger partial charge in [-0.05, 0) is 98.2 Å². The maximum atomic E-state index is 10.2. The van der Waals surface area contributed by atoms with E-state index in [9.17, 15) is 20.4 Å². The molecular weight excluding hydrogens is 654 g/mol. The highest BCUT2D eigenvalue weighted by Gasteiger charge is 2.68. The Morgan fingerprint density at radius 3 is 2.63 bits per heavy atom. The molecule has 3 saturated heterocycles. The summed E-state index contributed by atoms with van der Waals surface area (Å²) in [6.07, 6.45) is 10.3. The largest absolute Gasteiger partial charge is 0.394 e. The normalized spacial score (nSPS) is 50.6. The van der Waals surface area contributed by atoms with Crippen LogP contribution in [0, 0.1) is 46.3 Å². The van der Waals surface area contributed by atoms with Crippen LogP contribution in [-0.4, -0.2) is 107 Å². The molecule has 1 unspecified atom stereocenters. The Labute approximate surface area is 303 Å². The van der Waals surface area contributed by atoms with E-state index in [4.69, 9.17) is 23.7 Å². The maximum Gasteiger partial charge on any atom is 0.187 e. The maximum absolute atomic E-state index is 10.2. The minimum atomic E-state index is -1.46. The molecule has 4 aliphatic carbocycles. The van der Waals surface area contributed by atoms with Crippen LogP contribution >= 0.6 is 0 Å². The van der Waals surface area contributed by atoms with Gasteiger partial charge in [-0.15, -0.1) is 5.53 Å². The van der Waals surface area contributed by atoms with Gasteiger partial charge in [0.05, 0.1) is 37.7 Å². The predicted octanol–water partition coefficient (Wildman–Crippen LogP) is 3.11. The van der Waals surface area contributed by atoms with E-state index in [-0.39, 0.29) is 23.9 Å². The van der Waals surface area contributed by atoms with Crippen molar-refractivity contribution in [3.8, 4) is 0 Å². The van der Waals surface area contributed by atoms with E-state index in [1.54, 1.807) is 5.57 Å². The lowest BCUT2D eigenvalue weighted by atomic mass is 9.47. The number of rotatable bonds is 9. The van der Waals surface area contributed by atoms with E-state index >= 15 is 0 Å². The summed E-state index contributed by atoms with van der Waals surface area (Å²) in [5.74, 6) is 3.61. The number of ether oxygens (including phenoxy) is 5. The van der Waals surface area contributed by atoms with Crippen molar-refractivity contribution in [1.82, 2.24) is 16.0 Å². The molecule has 16 atom stereocenters. The SMILES string of the molecule is CC1CC[C@@]2(OC1)O[C@H]1C[C@H]3[C@@H]4CC=C5C[C@@H](OCCCN6C=C(CO[C@@H]7O[C@H](CO)[C@@H](O)[C@H](O)[C@H]7O)NN6)CC[C@]5(C)[C@H]4CC[C@]3(C)[C@H]1[C@@H]2C. The number of nitrogens with zero attached hydrogens (tertiary/aromatic N) is 1. The zero-order valence-corrected chi connectivity index (χ0v) is 31.0. The molecule has 1 spiro atoms. The number of nitrogens with one attached hydrogen (secondary N) is 2. The Kier molecular flexibility index (Phi) is 10.1. The van der Waals surface area contributed by atoms with Crippen molar-refractivity contribution >= 4 is 0 Å². The van der Waals surface area contributed by atoms with E-state index in [0.29, 0.717) is 35.9 Å². The third-order valence-electron chi connectivity index (χ3n) is 15.1. The molecule has 0 amide bonds. The summed E-state index contributed by atoms with van der Waals surface area (Å²) >= 11 is 0. The van der Waals surface area contributed by atoms with Crippen molar-refractivity contribution in [3.05, 3.63) is 23.5 Å². The van der Waals surface area contributed by atoms with Crippen molar-refractivity contribution in [2.24, 2.45) is 46.3 Å². The van der Waals surface area contributed by atoms with Gasteiger partial charge in [-0.25, -0.2) is 0 Å². The van der Waals surface area contributed by atoms with Gasteiger partial charge in [-0.3, -0.25) is 5.01 Å². The van der Waals surface area contributed by atoms with Gasteiger partial charge in [0.1, 0.15) is 24.4 Å². The lowest BCUT2D eigenvalue weighted by Gasteiger charge is -2.58. The number of hydrazine groups is 2. The summed E-state index contributed by atoms with van der Waals surface area (Å²) < 4.78 is 31.1. The molecular formula is C39H63N3O9. The number of fused-ring (bicyclic) bond motifs is 7. The molecule has 0 aromatic rings. The molecule has 6 fully saturated rings. The quantitative estimate of drug-likeness (QED) is 0.154. The second-order valence-electron chi connectivity index (χ2n) is 18.0. The fraction of sp³-hybridized carbons (Fsp3) is 0.897. The minimum Gasteiger partial charge on any atom is -0.394 e. The first-order chi connectivity index (χ1) is 24.5. The molecule has 51 heavy (non-hydrogen) atoms. The number of aliphatic hydroxyl groups excluding tert-OH is 4. The Hall–Kier alpha value is -1.32. The van der Waals surface area contributed by atoms with E-state index in [2.05, 4.69) is 44.7 Å². The van der Waals surface area contributed by atoms with Crippen molar-refractivity contribution in [1.29, 1.82) is 0 Å². The topological polar surface area (TPSA) is 154 Å². The first-order valence-electron chi connectivity index (χ1n) is 20.0. The van der Waals surface area contributed by atoms with Crippen molar-refractivity contribution in [2.45, 2.75) is 141 Å². The number of allylic oxidation sites excluding steroid dienone is 1. The van der Waals surface area contributed by atoms with Gasteiger partial charge in [0, 0.05) is 31.7 Å². The fourth-order valence-electron chi connectivity index (χ4n) is 12.2. The molecule has 288 valence electrons. The third-order valence-corrected chi connectivity index (χ3v) is 15.1. The highest BCUT2D eigenvalue weighted by Crippen LogP contribution is 2.70. The predicted molar refractivity (Wildman–Crippen MR) is 187 cm³/mol. The Balaban J connectivity index is 0.801. The smallest absolute Gasteiger partial charge is 0.187 e. The zero-order chi connectivity index (χ0) is 35.7. The van der Waals surface area contributed by atoms with Gasteiger partial charge in [-0.1, -0.05) is 39.3 Å². The molecule has 4 aliphatic heterocycles. The number of hydrogen-bond donors (Lipinski definition) is 6. The molecule has 3 saturated carbocycles.